The molecule has 0 atom stereocenters. The number of hydrogen-bond acceptors (Lipinski definition) is 5. The van der Waals surface area contributed by atoms with Crippen LogP contribution in [-0.4, -0.2) is 16.6 Å². The van der Waals surface area contributed by atoms with Gasteiger partial charge in [0.05, 0.1) is 0 Å². The molecule has 0 aliphatic carbocycles. The first-order valence-corrected chi connectivity index (χ1v) is 9.30. The van der Waals surface area contributed by atoms with E-state index in [1.54, 1.807) is 30.3 Å². The molecule has 4 nitrogen and oxygen atoms in total. The number of benzene rings is 2. The van der Waals surface area contributed by atoms with Crippen molar-refractivity contribution < 1.29 is 31.9 Å². The number of rotatable bonds is 6. The van der Waals surface area contributed by atoms with E-state index in [1.165, 1.54) is 0 Å². The Balaban J connectivity index is 1.69. The van der Waals surface area contributed by atoms with Crippen LogP contribution in [0.1, 0.15) is 25.8 Å². The molecule has 0 amide bonds. The fourth-order valence-electron chi connectivity index (χ4n) is 2.41. The fraction of sp³-hybridized carbons (Fsp3) is 0.316. The molecule has 9 heteroatoms. The third-order valence-electron chi connectivity index (χ3n) is 3.81. The van der Waals surface area contributed by atoms with Gasteiger partial charge in [0.2, 0.25) is 23.3 Å². The van der Waals surface area contributed by atoms with Gasteiger partial charge in [-0.05, 0) is 19.4 Å². The van der Waals surface area contributed by atoms with Crippen LogP contribution in [-0.2, 0) is 11.4 Å². The number of ether oxygens (including phenoxy) is 2. The molecule has 1 aliphatic heterocycles. The number of hydrogen-bond donors (Lipinski definition) is 0. The minimum Gasteiger partial charge on any atom is -0.483 e. The molecule has 2 aromatic carbocycles. The molecule has 0 fully saturated rings. The van der Waals surface area contributed by atoms with Gasteiger partial charge in [0.15, 0.2) is 11.5 Å². The Morgan fingerprint density at radius 1 is 0.964 bits per heavy atom. The van der Waals surface area contributed by atoms with Gasteiger partial charge in [0, 0.05) is 6.42 Å². The number of halogens is 4. The van der Waals surface area contributed by atoms with Crippen LogP contribution in [0.25, 0.3) is 0 Å². The van der Waals surface area contributed by atoms with Crippen LogP contribution >= 0.6 is 11.8 Å². The van der Waals surface area contributed by atoms with Crippen molar-refractivity contribution in [1.82, 2.24) is 0 Å². The van der Waals surface area contributed by atoms with Gasteiger partial charge >= 0.3 is 0 Å². The molecule has 0 spiro atoms. The van der Waals surface area contributed by atoms with Crippen LogP contribution in [0.15, 0.2) is 35.5 Å². The smallest absolute Gasteiger partial charge is 0.207 e. The molecular formula is C19H17F4NO3S. The van der Waals surface area contributed by atoms with Crippen molar-refractivity contribution in [3.05, 3.63) is 59.2 Å². The van der Waals surface area contributed by atoms with Crippen LogP contribution in [0.3, 0.4) is 0 Å². The van der Waals surface area contributed by atoms with Crippen LogP contribution in [0.2, 0.25) is 0 Å². The summed E-state index contributed by atoms with van der Waals surface area (Å²) in [4.78, 5) is 5.15. The van der Waals surface area contributed by atoms with Gasteiger partial charge in [-0.25, -0.2) is 0 Å². The van der Waals surface area contributed by atoms with Crippen molar-refractivity contribution in [3.8, 4) is 11.5 Å². The lowest BCUT2D eigenvalue weighted by Gasteiger charge is -2.14. The predicted molar refractivity (Wildman–Crippen MR) is 97.4 cm³/mol. The third-order valence-corrected chi connectivity index (χ3v) is 4.60. The zero-order valence-electron chi connectivity index (χ0n) is 15.1. The topological polar surface area (TPSA) is 40.0 Å². The van der Waals surface area contributed by atoms with Crippen molar-refractivity contribution >= 4 is 16.8 Å². The highest BCUT2D eigenvalue weighted by Crippen LogP contribution is 2.36. The lowest BCUT2D eigenvalue weighted by molar-refractivity contribution is 0.0123. The molecule has 2 aromatic rings. The molecule has 0 N–H and O–H groups in total. The van der Waals surface area contributed by atoms with E-state index in [4.69, 9.17) is 14.3 Å². The second kappa shape index (κ2) is 8.30. The SMILES string of the molecule is CC1(C)CC(SCOc2c(F)c(F)c(OCc3ccccc3)c(F)c2F)=NO1. The van der Waals surface area contributed by atoms with Crippen LogP contribution in [0.5, 0.6) is 11.5 Å². The highest BCUT2D eigenvalue weighted by Gasteiger charge is 2.30. The minimum absolute atomic E-state index is 0.251. The van der Waals surface area contributed by atoms with E-state index >= 15 is 0 Å². The monoisotopic (exact) mass is 415 g/mol. The maximum Gasteiger partial charge on any atom is 0.207 e. The Kier molecular flexibility index (Phi) is 6.02. The first-order chi connectivity index (χ1) is 13.3. The third kappa shape index (κ3) is 4.52. The van der Waals surface area contributed by atoms with Gasteiger partial charge in [-0.3, -0.25) is 0 Å². The highest BCUT2D eigenvalue weighted by molar-refractivity contribution is 8.13. The molecule has 0 bridgehead atoms. The minimum atomic E-state index is -1.66. The van der Waals surface area contributed by atoms with Gasteiger partial charge < -0.3 is 14.3 Å². The predicted octanol–water partition coefficient (Wildman–Crippen LogP) is 5.40. The van der Waals surface area contributed by atoms with Gasteiger partial charge in [0.1, 0.15) is 23.2 Å². The summed E-state index contributed by atoms with van der Waals surface area (Å²) in [5, 5.41) is 4.36. The van der Waals surface area contributed by atoms with Crippen molar-refractivity contribution in [2.24, 2.45) is 5.16 Å². The normalized spacial score (nSPS) is 15.1. The maximum atomic E-state index is 14.2. The molecule has 1 heterocycles. The largest absolute Gasteiger partial charge is 0.483 e. The van der Waals surface area contributed by atoms with Crippen molar-refractivity contribution in [2.45, 2.75) is 32.5 Å². The second-order valence-electron chi connectivity index (χ2n) is 6.61. The summed E-state index contributed by atoms with van der Waals surface area (Å²) in [5.74, 6) is -9.20. The molecule has 0 radical (unpaired) electrons. The van der Waals surface area contributed by atoms with Gasteiger partial charge in [-0.1, -0.05) is 47.2 Å². The van der Waals surface area contributed by atoms with E-state index in [1.807, 2.05) is 13.8 Å². The summed E-state index contributed by atoms with van der Waals surface area (Å²) in [7, 11) is 0. The molecule has 150 valence electrons. The molecule has 1 aliphatic rings. The van der Waals surface area contributed by atoms with Gasteiger partial charge in [0.25, 0.3) is 0 Å². The molecule has 3 rings (SSSR count). The summed E-state index contributed by atoms with van der Waals surface area (Å²) in [6, 6.07) is 8.43. The summed E-state index contributed by atoms with van der Waals surface area (Å²) < 4.78 is 66.7. The standard InChI is InChI=1S/C19H17F4NO3S/c1-19(2)8-12(24-27-19)28-10-26-18-15(22)13(20)17(14(21)16(18)23)25-9-11-6-4-3-5-7-11/h3-7H,8-10H2,1-2H3. The molecule has 0 saturated carbocycles. The van der Waals surface area contributed by atoms with Crippen LogP contribution in [0.4, 0.5) is 17.6 Å². The highest BCUT2D eigenvalue weighted by atomic mass is 32.2. The Morgan fingerprint density at radius 2 is 1.54 bits per heavy atom. The molecule has 0 aromatic heterocycles. The van der Waals surface area contributed by atoms with E-state index < -0.39 is 40.4 Å². The number of nitrogens with zero attached hydrogens (tertiary/aromatic N) is 1. The summed E-state index contributed by atoms with van der Waals surface area (Å²) in [5.41, 5.74) is 0.107. The maximum absolute atomic E-state index is 14.2. The Bertz CT molecular complexity index is 861. The van der Waals surface area contributed by atoms with Crippen molar-refractivity contribution in [2.75, 3.05) is 5.94 Å². The van der Waals surface area contributed by atoms with E-state index in [0.717, 1.165) is 11.8 Å². The molecule has 0 saturated heterocycles. The zero-order valence-corrected chi connectivity index (χ0v) is 15.9. The zero-order chi connectivity index (χ0) is 20.3. The van der Waals surface area contributed by atoms with Crippen molar-refractivity contribution in [3.63, 3.8) is 0 Å². The Labute approximate surface area is 163 Å². The Morgan fingerprint density at radius 3 is 2.07 bits per heavy atom. The quantitative estimate of drug-likeness (QED) is 0.360. The van der Waals surface area contributed by atoms with Crippen LogP contribution < -0.4 is 9.47 Å². The first-order valence-electron chi connectivity index (χ1n) is 8.32. The lowest BCUT2D eigenvalue weighted by atomic mass is 10.1. The van der Waals surface area contributed by atoms with E-state index in [-0.39, 0.29) is 12.5 Å². The lowest BCUT2D eigenvalue weighted by Crippen LogP contribution is -2.18. The van der Waals surface area contributed by atoms with Gasteiger partial charge in [-0.15, -0.1) is 0 Å². The Hall–Kier alpha value is -2.42. The number of thioether (sulfide) groups is 1. The number of oxime groups is 1. The van der Waals surface area contributed by atoms with E-state index in [2.05, 4.69) is 5.16 Å². The summed E-state index contributed by atoms with van der Waals surface area (Å²) in [6.07, 6.45) is 0.487. The van der Waals surface area contributed by atoms with Crippen LogP contribution in [0, 0.1) is 23.3 Å². The summed E-state index contributed by atoms with van der Waals surface area (Å²) >= 11 is 1.02. The van der Waals surface area contributed by atoms with Gasteiger partial charge in [-0.2, -0.15) is 17.6 Å². The molecule has 0 unspecified atom stereocenters. The van der Waals surface area contributed by atoms with Crippen molar-refractivity contribution in [1.29, 1.82) is 0 Å². The fourth-order valence-corrected chi connectivity index (χ4v) is 3.26. The summed E-state index contributed by atoms with van der Waals surface area (Å²) in [6.45, 7) is 3.39. The first kappa shape index (κ1) is 20.3. The van der Waals surface area contributed by atoms with E-state index in [0.29, 0.717) is 17.0 Å². The second-order valence-corrected chi connectivity index (χ2v) is 7.60. The average Bonchev–Trinajstić information content (AvgIpc) is 3.02. The molecule has 28 heavy (non-hydrogen) atoms. The average molecular weight is 415 g/mol. The van der Waals surface area contributed by atoms with E-state index in [9.17, 15) is 17.6 Å². The molecular weight excluding hydrogens is 398 g/mol.